The molecule has 0 saturated heterocycles. The molecule has 19 heavy (non-hydrogen) atoms. The van der Waals surface area contributed by atoms with Crippen LogP contribution in [0.25, 0.3) is 11.1 Å². The van der Waals surface area contributed by atoms with Crippen molar-refractivity contribution in [1.29, 1.82) is 0 Å². The first kappa shape index (κ1) is 13.7. The van der Waals surface area contributed by atoms with E-state index >= 15 is 0 Å². The van der Waals surface area contributed by atoms with E-state index in [0.717, 1.165) is 0 Å². The van der Waals surface area contributed by atoms with Crippen LogP contribution in [0.5, 0.6) is 5.75 Å². The summed E-state index contributed by atoms with van der Waals surface area (Å²) in [6, 6.07) is 9.73. The number of hydrogen-bond acceptors (Lipinski definition) is 2. The number of carboxylic acid groups (broad SMARTS) is 1. The van der Waals surface area contributed by atoms with Crippen LogP contribution in [0.2, 0.25) is 10.0 Å². The van der Waals surface area contributed by atoms with Crippen molar-refractivity contribution in [2.45, 2.75) is 0 Å². The van der Waals surface area contributed by atoms with Gasteiger partial charge in [-0.1, -0.05) is 23.2 Å². The van der Waals surface area contributed by atoms with E-state index in [9.17, 15) is 4.79 Å². The fourth-order valence-corrected chi connectivity index (χ4v) is 2.18. The molecule has 0 aliphatic rings. The van der Waals surface area contributed by atoms with E-state index in [-0.39, 0.29) is 5.56 Å². The largest absolute Gasteiger partial charge is 0.497 e. The van der Waals surface area contributed by atoms with E-state index in [1.165, 1.54) is 12.1 Å². The Morgan fingerprint density at radius 2 is 1.89 bits per heavy atom. The number of methoxy groups -OCH3 is 1. The first-order valence-electron chi connectivity index (χ1n) is 5.39. The number of carboxylic acids is 1. The van der Waals surface area contributed by atoms with Crippen molar-refractivity contribution >= 4 is 29.2 Å². The predicted molar refractivity (Wildman–Crippen MR) is 75.4 cm³/mol. The highest BCUT2D eigenvalue weighted by Gasteiger charge is 2.11. The fraction of sp³-hybridized carbons (Fsp3) is 0.0714. The van der Waals surface area contributed by atoms with Gasteiger partial charge in [0.05, 0.1) is 12.7 Å². The zero-order valence-electron chi connectivity index (χ0n) is 9.98. The van der Waals surface area contributed by atoms with Crippen molar-refractivity contribution in [3.8, 4) is 16.9 Å². The first-order valence-corrected chi connectivity index (χ1v) is 6.14. The second-order valence-electron chi connectivity index (χ2n) is 3.88. The molecule has 0 aliphatic heterocycles. The first-order chi connectivity index (χ1) is 9.01. The van der Waals surface area contributed by atoms with Gasteiger partial charge in [0.25, 0.3) is 0 Å². The third kappa shape index (κ3) is 3.00. The molecule has 2 aromatic carbocycles. The van der Waals surface area contributed by atoms with Gasteiger partial charge >= 0.3 is 5.97 Å². The van der Waals surface area contributed by atoms with Crippen LogP contribution in [0.15, 0.2) is 36.4 Å². The molecule has 2 rings (SSSR count). The van der Waals surface area contributed by atoms with Gasteiger partial charge in [-0.2, -0.15) is 0 Å². The average molecular weight is 297 g/mol. The van der Waals surface area contributed by atoms with Crippen LogP contribution in [0.3, 0.4) is 0 Å². The van der Waals surface area contributed by atoms with Crippen LogP contribution in [-0.2, 0) is 0 Å². The molecular weight excluding hydrogens is 287 g/mol. The number of benzene rings is 2. The van der Waals surface area contributed by atoms with Crippen molar-refractivity contribution in [1.82, 2.24) is 0 Å². The van der Waals surface area contributed by atoms with E-state index in [1.54, 1.807) is 31.4 Å². The normalized spacial score (nSPS) is 10.3. The molecule has 0 radical (unpaired) electrons. The van der Waals surface area contributed by atoms with E-state index in [4.69, 9.17) is 33.0 Å². The van der Waals surface area contributed by atoms with Gasteiger partial charge < -0.3 is 9.84 Å². The molecule has 0 amide bonds. The topological polar surface area (TPSA) is 46.5 Å². The molecule has 3 nitrogen and oxygen atoms in total. The number of halogens is 2. The summed E-state index contributed by atoms with van der Waals surface area (Å²) >= 11 is 12.1. The minimum atomic E-state index is -1.04. The number of ether oxygens (including phenoxy) is 1. The molecule has 2 aromatic rings. The van der Waals surface area contributed by atoms with Crippen LogP contribution >= 0.6 is 23.2 Å². The SMILES string of the molecule is COc1ccc(Cl)c(-c2cc(Cl)cc(C(=O)O)c2)c1. The second-order valence-corrected chi connectivity index (χ2v) is 4.72. The summed E-state index contributed by atoms with van der Waals surface area (Å²) in [5.41, 5.74) is 1.42. The Kier molecular flexibility index (Phi) is 3.98. The molecule has 1 N–H and O–H groups in total. The second kappa shape index (κ2) is 5.51. The molecule has 5 heteroatoms. The summed E-state index contributed by atoms with van der Waals surface area (Å²) in [5.74, 6) is -0.404. The summed E-state index contributed by atoms with van der Waals surface area (Å²) < 4.78 is 5.13. The molecule has 0 bridgehead atoms. The zero-order valence-corrected chi connectivity index (χ0v) is 11.5. The van der Waals surface area contributed by atoms with E-state index in [2.05, 4.69) is 0 Å². The average Bonchev–Trinajstić information content (AvgIpc) is 2.38. The molecule has 0 atom stereocenters. The van der Waals surface area contributed by atoms with Crippen molar-refractivity contribution < 1.29 is 14.6 Å². The Morgan fingerprint density at radius 3 is 2.53 bits per heavy atom. The van der Waals surface area contributed by atoms with Gasteiger partial charge in [0.2, 0.25) is 0 Å². The van der Waals surface area contributed by atoms with Gasteiger partial charge in [-0.3, -0.25) is 0 Å². The van der Waals surface area contributed by atoms with Crippen LogP contribution < -0.4 is 4.74 Å². The molecule has 0 unspecified atom stereocenters. The smallest absolute Gasteiger partial charge is 0.335 e. The van der Waals surface area contributed by atoms with Crippen LogP contribution in [0.1, 0.15) is 10.4 Å². The van der Waals surface area contributed by atoms with Crippen molar-refractivity contribution in [2.75, 3.05) is 7.11 Å². The molecule has 0 spiro atoms. The molecule has 0 aromatic heterocycles. The third-order valence-electron chi connectivity index (χ3n) is 2.63. The quantitative estimate of drug-likeness (QED) is 0.915. The zero-order chi connectivity index (χ0) is 14.0. The summed E-state index contributed by atoms with van der Waals surface area (Å²) in [4.78, 5) is 11.0. The molecule has 0 fully saturated rings. The maximum absolute atomic E-state index is 11.0. The van der Waals surface area contributed by atoms with E-state index in [0.29, 0.717) is 26.9 Å². The van der Waals surface area contributed by atoms with E-state index < -0.39 is 5.97 Å². The van der Waals surface area contributed by atoms with Crippen molar-refractivity contribution in [3.63, 3.8) is 0 Å². The van der Waals surface area contributed by atoms with Crippen LogP contribution in [0.4, 0.5) is 0 Å². The predicted octanol–water partition coefficient (Wildman–Crippen LogP) is 4.37. The van der Waals surface area contributed by atoms with Crippen LogP contribution in [-0.4, -0.2) is 18.2 Å². The van der Waals surface area contributed by atoms with Gasteiger partial charge in [0, 0.05) is 15.6 Å². The lowest BCUT2D eigenvalue weighted by molar-refractivity contribution is 0.0697. The number of hydrogen-bond donors (Lipinski definition) is 1. The number of aromatic carboxylic acids is 1. The molecule has 0 aliphatic carbocycles. The maximum atomic E-state index is 11.0. The Bertz CT molecular complexity index is 639. The van der Waals surface area contributed by atoms with Gasteiger partial charge in [0.15, 0.2) is 0 Å². The Hall–Kier alpha value is -1.71. The van der Waals surface area contributed by atoms with E-state index in [1.807, 2.05) is 0 Å². The lowest BCUT2D eigenvalue weighted by Gasteiger charge is -2.09. The Balaban J connectivity index is 2.61. The highest BCUT2D eigenvalue weighted by Crippen LogP contribution is 2.33. The fourth-order valence-electron chi connectivity index (χ4n) is 1.72. The van der Waals surface area contributed by atoms with Gasteiger partial charge in [-0.25, -0.2) is 4.79 Å². The Morgan fingerprint density at radius 1 is 1.16 bits per heavy atom. The van der Waals surface area contributed by atoms with Gasteiger partial charge in [-0.05, 0) is 42.0 Å². The summed E-state index contributed by atoms with van der Waals surface area (Å²) in [5, 5.41) is 9.88. The highest BCUT2D eigenvalue weighted by molar-refractivity contribution is 6.34. The minimum absolute atomic E-state index is 0.112. The molecular formula is C14H10Cl2O3. The molecule has 98 valence electrons. The summed E-state index contributed by atoms with van der Waals surface area (Å²) in [6.45, 7) is 0. The molecule has 0 saturated carbocycles. The summed E-state index contributed by atoms with van der Waals surface area (Å²) in [6.07, 6.45) is 0. The highest BCUT2D eigenvalue weighted by atomic mass is 35.5. The number of carbonyl (C=O) groups is 1. The standard InChI is InChI=1S/C14H10Cl2O3/c1-19-11-2-3-13(16)12(7-11)8-4-9(14(17)18)6-10(15)5-8/h2-7H,1H3,(H,17,18). The Labute approximate surface area is 120 Å². The number of rotatable bonds is 3. The third-order valence-corrected chi connectivity index (χ3v) is 3.18. The monoisotopic (exact) mass is 296 g/mol. The maximum Gasteiger partial charge on any atom is 0.335 e. The van der Waals surface area contributed by atoms with Gasteiger partial charge in [-0.15, -0.1) is 0 Å². The lowest BCUT2D eigenvalue weighted by Crippen LogP contribution is -1.96. The lowest BCUT2D eigenvalue weighted by atomic mass is 10.0. The molecule has 0 heterocycles. The summed E-state index contributed by atoms with van der Waals surface area (Å²) in [7, 11) is 1.55. The van der Waals surface area contributed by atoms with Gasteiger partial charge in [0.1, 0.15) is 5.75 Å². The van der Waals surface area contributed by atoms with Crippen molar-refractivity contribution in [2.24, 2.45) is 0 Å². The minimum Gasteiger partial charge on any atom is -0.497 e. The van der Waals surface area contributed by atoms with Crippen molar-refractivity contribution in [3.05, 3.63) is 52.0 Å². The van der Waals surface area contributed by atoms with Crippen LogP contribution in [0, 0.1) is 0 Å².